The maximum Gasteiger partial charge on any atom is 0.226 e. The molecule has 2 aromatic rings. The van der Waals surface area contributed by atoms with Gasteiger partial charge in [0, 0.05) is 18.6 Å². The Labute approximate surface area is 96.5 Å². The summed E-state index contributed by atoms with van der Waals surface area (Å²) < 4.78 is 18.3. The van der Waals surface area contributed by atoms with Gasteiger partial charge in [0.25, 0.3) is 0 Å². The van der Waals surface area contributed by atoms with Crippen LogP contribution in [0.15, 0.2) is 28.9 Å². The summed E-state index contributed by atoms with van der Waals surface area (Å²) in [5.74, 6) is -0.194. The van der Waals surface area contributed by atoms with E-state index in [-0.39, 0.29) is 11.6 Å². The van der Waals surface area contributed by atoms with E-state index < -0.39 is 5.82 Å². The first kappa shape index (κ1) is 11.1. The van der Waals surface area contributed by atoms with Crippen LogP contribution in [0.5, 0.6) is 0 Å². The fourth-order valence-corrected chi connectivity index (χ4v) is 1.42. The highest BCUT2D eigenvalue weighted by molar-refractivity contribution is 6.30. The second-order valence-corrected chi connectivity index (χ2v) is 3.65. The molecule has 16 heavy (non-hydrogen) atoms. The first-order valence-corrected chi connectivity index (χ1v) is 5.09. The number of oxazole rings is 1. The van der Waals surface area contributed by atoms with Gasteiger partial charge >= 0.3 is 0 Å². The Morgan fingerprint density at radius 2 is 2.25 bits per heavy atom. The molecule has 5 heteroatoms. The molecule has 2 rings (SSSR count). The average Bonchev–Trinajstić information content (AvgIpc) is 2.71. The average molecular weight is 242 g/mol. The Morgan fingerprint density at radius 3 is 2.94 bits per heavy atom. The van der Waals surface area contributed by atoms with Crippen molar-refractivity contribution in [3.05, 3.63) is 41.0 Å². The number of benzene rings is 1. The molecule has 1 aromatic carbocycles. The van der Waals surface area contributed by atoms with Gasteiger partial charge in [0.1, 0.15) is 12.1 Å². The molecule has 3 nitrogen and oxygen atoms in total. The predicted molar refractivity (Wildman–Crippen MR) is 57.7 cm³/mol. The zero-order valence-corrected chi connectivity index (χ0v) is 9.04. The monoisotopic (exact) mass is 241 g/mol. The lowest BCUT2D eigenvalue weighted by atomic mass is 10.2. The number of nitrogens with zero attached hydrogens (tertiary/aromatic N) is 1. The second-order valence-electron chi connectivity index (χ2n) is 3.25. The summed E-state index contributed by atoms with van der Waals surface area (Å²) in [6, 6.07) is 4.33. The minimum absolute atomic E-state index is 0.000945. The molecule has 1 heterocycles. The van der Waals surface area contributed by atoms with Crippen LogP contribution in [0, 0.1) is 5.82 Å². The van der Waals surface area contributed by atoms with Crippen molar-refractivity contribution in [3.63, 3.8) is 0 Å². The van der Waals surface area contributed by atoms with E-state index in [1.165, 1.54) is 18.4 Å². The predicted octanol–water partition coefficient (Wildman–Crippen LogP) is 2.67. The van der Waals surface area contributed by atoms with Crippen molar-refractivity contribution in [2.45, 2.75) is 6.42 Å². The summed E-state index contributed by atoms with van der Waals surface area (Å²) in [6.45, 7) is 0.000945. The van der Waals surface area contributed by atoms with Gasteiger partial charge in [-0.15, -0.1) is 0 Å². The highest BCUT2D eigenvalue weighted by Gasteiger charge is 2.08. The first-order chi connectivity index (χ1) is 7.70. The van der Waals surface area contributed by atoms with Gasteiger partial charge in [-0.25, -0.2) is 9.37 Å². The van der Waals surface area contributed by atoms with Crippen LogP contribution in [0.2, 0.25) is 5.02 Å². The van der Waals surface area contributed by atoms with Gasteiger partial charge in [-0.3, -0.25) is 0 Å². The van der Waals surface area contributed by atoms with E-state index in [9.17, 15) is 4.39 Å². The Balaban J connectivity index is 2.31. The van der Waals surface area contributed by atoms with Crippen LogP contribution in [0.4, 0.5) is 4.39 Å². The number of hydrogen-bond donors (Lipinski definition) is 1. The summed E-state index contributed by atoms with van der Waals surface area (Å²) in [7, 11) is 0. The Hall–Kier alpha value is -1.39. The van der Waals surface area contributed by atoms with Gasteiger partial charge in [-0.1, -0.05) is 11.6 Å². The lowest BCUT2D eigenvalue weighted by Crippen LogP contribution is -1.90. The van der Waals surface area contributed by atoms with Gasteiger partial charge in [0.05, 0.1) is 10.7 Å². The third kappa shape index (κ3) is 2.23. The number of rotatable bonds is 3. The molecule has 0 radical (unpaired) electrons. The molecule has 0 aliphatic rings. The van der Waals surface area contributed by atoms with E-state index in [1.807, 2.05) is 0 Å². The van der Waals surface area contributed by atoms with Crippen molar-refractivity contribution < 1.29 is 13.9 Å². The number of aliphatic hydroxyl groups is 1. The summed E-state index contributed by atoms with van der Waals surface area (Å²) in [5.41, 5.74) is 1.15. The molecule has 0 fully saturated rings. The largest absolute Gasteiger partial charge is 0.444 e. The van der Waals surface area contributed by atoms with Crippen molar-refractivity contribution in [3.8, 4) is 11.5 Å². The normalized spacial score (nSPS) is 10.7. The zero-order chi connectivity index (χ0) is 11.5. The molecular weight excluding hydrogens is 233 g/mol. The molecule has 1 N–H and O–H groups in total. The molecule has 0 aliphatic heterocycles. The Kier molecular flexibility index (Phi) is 3.22. The molecule has 0 aliphatic carbocycles. The molecule has 0 saturated carbocycles. The zero-order valence-electron chi connectivity index (χ0n) is 8.28. The Bertz CT molecular complexity index is 498. The molecule has 0 bridgehead atoms. The van der Waals surface area contributed by atoms with Gasteiger partial charge in [0.2, 0.25) is 5.89 Å². The summed E-state index contributed by atoms with van der Waals surface area (Å²) >= 11 is 5.56. The van der Waals surface area contributed by atoms with E-state index >= 15 is 0 Å². The highest BCUT2D eigenvalue weighted by atomic mass is 35.5. The van der Waals surface area contributed by atoms with Crippen LogP contribution in [0.25, 0.3) is 11.5 Å². The van der Waals surface area contributed by atoms with Crippen LogP contribution in [-0.2, 0) is 6.42 Å². The number of aliphatic hydroxyl groups excluding tert-OH is 1. The second kappa shape index (κ2) is 4.63. The number of hydrogen-bond acceptors (Lipinski definition) is 3. The van der Waals surface area contributed by atoms with Gasteiger partial charge in [-0.05, 0) is 18.2 Å². The van der Waals surface area contributed by atoms with E-state index in [1.54, 1.807) is 6.07 Å². The minimum Gasteiger partial charge on any atom is -0.444 e. The van der Waals surface area contributed by atoms with Crippen molar-refractivity contribution >= 4 is 11.6 Å². The molecule has 84 valence electrons. The molecule has 1 aromatic heterocycles. The van der Waals surface area contributed by atoms with Crippen molar-refractivity contribution in [2.75, 3.05) is 6.61 Å². The lowest BCUT2D eigenvalue weighted by molar-refractivity contribution is 0.298. The maximum atomic E-state index is 13.2. The van der Waals surface area contributed by atoms with Crippen molar-refractivity contribution in [1.29, 1.82) is 0 Å². The van der Waals surface area contributed by atoms with Crippen LogP contribution in [0.3, 0.4) is 0 Å². The fourth-order valence-electron chi connectivity index (χ4n) is 1.30. The van der Waals surface area contributed by atoms with Crippen molar-refractivity contribution in [1.82, 2.24) is 4.98 Å². The quantitative estimate of drug-likeness (QED) is 0.899. The van der Waals surface area contributed by atoms with Crippen LogP contribution in [0.1, 0.15) is 5.69 Å². The van der Waals surface area contributed by atoms with Gasteiger partial charge in [-0.2, -0.15) is 0 Å². The summed E-state index contributed by atoms with van der Waals surface area (Å²) in [5, 5.41) is 8.78. The first-order valence-electron chi connectivity index (χ1n) is 4.71. The summed E-state index contributed by atoms with van der Waals surface area (Å²) in [6.07, 6.45) is 1.86. The third-order valence-electron chi connectivity index (χ3n) is 2.09. The topological polar surface area (TPSA) is 46.3 Å². The number of halogens is 2. The van der Waals surface area contributed by atoms with Gasteiger partial charge in [0.15, 0.2) is 0 Å². The van der Waals surface area contributed by atoms with Crippen LogP contribution in [-0.4, -0.2) is 16.7 Å². The highest BCUT2D eigenvalue weighted by Crippen LogP contribution is 2.23. The van der Waals surface area contributed by atoms with E-state index in [0.29, 0.717) is 23.6 Å². The minimum atomic E-state index is -0.513. The van der Waals surface area contributed by atoms with Crippen LogP contribution >= 0.6 is 11.6 Å². The summed E-state index contributed by atoms with van der Waals surface area (Å²) in [4.78, 5) is 4.10. The molecule has 0 atom stereocenters. The van der Waals surface area contributed by atoms with Crippen molar-refractivity contribution in [2.24, 2.45) is 0 Å². The molecule has 0 unspecified atom stereocenters. The van der Waals surface area contributed by atoms with Crippen LogP contribution < -0.4 is 0 Å². The maximum absolute atomic E-state index is 13.2. The molecule has 0 saturated heterocycles. The smallest absolute Gasteiger partial charge is 0.226 e. The third-order valence-corrected chi connectivity index (χ3v) is 2.39. The van der Waals surface area contributed by atoms with E-state index in [0.717, 1.165) is 0 Å². The Morgan fingerprint density at radius 1 is 1.44 bits per heavy atom. The molecular formula is C11H9ClFNO2. The molecule has 0 spiro atoms. The fraction of sp³-hybridized carbons (Fsp3) is 0.182. The SMILES string of the molecule is OCCc1coc(-c2ccc(Cl)c(F)c2)n1. The van der Waals surface area contributed by atoms with Gasteiger partial charge < -0.3 is 9.52 Å². The lowest BCUT2D eigenvalue weighted by Gasteiger charge is -1.97. The van der Waals surface area contributed by atoms with E-state index in [4.69, 9.17) is 21.1 Å². The number of aromatic nitrogens is 1. The molecule has 0 amide bonds. The standard InChI is InChI=1S/C11H9ClFNO2/c12-9-2-1-7(5-10(9)13)11-14-8(3-4-15)6-16-11/h1-2,5-6,15H,3-4H2. The van der Waals surface area contributed by atoms with E-state index in [2.05, 4.69) is 4.98 Å².